The summed E-state index contributed by atoms with van der Waals surface area (Å²) >= 11 is 0. The first-order valence-electron chi connectivity index (χ1n) is 5.63. The normalized spacial score (nSPS) is 22.8. The van der Waals surface area contributed by atoms with Crippen molar-refractivity contribution in [1.29, 1.82) is 0 Å². The van der Waals surface area contributed by atoms with Crippen LogP contribution in [0, 0.1) is 0 Å². The molecule has 16 heavy (non-hydrogen) atoms. The van der Waals surface area contributed by atoms with Gasteiger partial charge in [-0.15, -0.1) is 5.10 Å². The summed E-state index contributed by atoms with van der Waals surface area (Å²) in [5.74, 6) is -1.01. The Balaban J connectivity index is 1.60. The van der Waals surface area contributed by atoms with Crippen molar-refractivity contribution in [3.8, 4) is 0 Å². The zero-order valence-corrected chi connectivity index (χ0v) is 8.91. The van der Waals surface area contributed by atoms with Gasteiger partial charge in [-0.1, -0.05) is 11.6 Å². The van der Waals surface area contributed by atoms with Crippen LogP contribution in [0.4, 0.5) is 0 Å². The zero-order valence-electron chi connectivity index (χ0n) is 8.91. The molecule has 2 fully saturated rings. The molecule has 3 rings (SSSR count). The average Bonchev–Trinajstić information content (AvgIpc) is 2.55. The highest BCUT2D eigenvalue weighted by Gasteiger charge is 2.36. The first-order chi connectivity index (χ1) is 7.74. The van der Waals surface area contributed by atoms with Crippen molar-refractivity contribution in [3.05, 3.63) is 11.9 Å². The maximum absolute atomic E-state index is 10.6. The van der Waals surface area contributed by atoms with Crippen LogP contribution in [-0.2, 0) is 0 Å². The van der Waals surface area contributed by atoms with Gasteiger partial charge in [0.25, 0.3) is 0 Å². The highest BCUT2D eigenvalue weighted by molar-refractivity contribution is 5.84. The molecular weight excluding hydrogens is 208 g/mol. The monoisotopic (exact) mass is 222 g/mol. The first kappa shape index (κ1) is 9.77. The SMILES string of the molecule is O=C(O)c1cn(C2CN(C3CCC3)C2)nn1. The summed E-state index contributed by atoms with van der Waals surface area (Å²) in [5, 5.41) is 16.2. The minimum absolute atomic E-state index is 0.0297. The van der Waals surface area contributed by atoms with E-state index in [9.17, 15) is 4.79 Å². The van der Waals surface area contributed by atoms with Crippen molar-refractivity contribution in [1.82, 2.24) is 19.9 Å². The third kappa shape index (κ3) is 1.49. The lowest BCUT2D eigenvalue weighted by atomic mass is 9.88. The van der Waals surface area contributed by atoms with Crippen molar-refractivity contribution in [2.24, 2.45) is 0 Å². The molecule has 0 unspecified atom stereocenters. The first-order valence-corrected chi connectivity index (χ1v) is 5.63. The van der Waals surface area contributed by atoms with Crippen molar-refractivity contribution in [2.45, 2.75) is 31.3 Å². The minimum Gasteiger partial charge on any atom is -0.476 e. The predicted octanol–water partition coefficient (Wildman–Crippen LogP) is 0.385. The van der Waals surface area contributed by atoms with E-state index in [2.05, 4.69) is 15.2 Å². The molecule has 0 bridgehead atoms. The van der Waals surface area contributed by atoms with E-state index in [1.165, 1.54) is 25.5 Å². The topological polar surface area (TPSA) is 71.2 Å². The van der Waals surface area contributed by atoms with Gasteiger partial charge in [-0.3, -0.25) is 4.90 Å². The van der Waals surface area contributed by atoms with Crippen LogP contribution in [0.25, 0.3) is 0 Å². The second-order valence-corrected chi connectivity index (χ2v) is 4.58. The van der Waals surface area contributed by atoms with Crippen LogP contribution in [-0.4, -0.2) is 50.1 Å². The molecule has 1 aliphatic heterocycles. The lowest BCUT2D eigenvalue weighted by molar-refractivity contribution is 0.0174. The number of nitrogens with zero attached hydrogens (tertiary/aromatic N) is 4. The molecule has 0 atom stereocenters. The smallest absolute Gasteiger partial charge is 0.358 e. The van der Waals surface area contributed by atoms with Gasteiger partial charge >= 0.3 is 5.97 Å². The van der Waals surface area contributed by atoms with E-state index < -0.39 is 5.97 Å². The van der Waals surface area contributed by atoms with Crippen molar-refractivity contribution in [2.75, 3.05) is 13.1 Å². The highest BCUT2D eigenvalue weighted by atomic mass is 16.4. The Hall–Kier alpha value is -1.43. The number of carboxylic acid groups (broad SMARTS) is 1. The Morgan fingerprint density at radius 1 is 1.38 bits per heavy atom. The third-order valence-corrected chi connectivity index (χ3v) is 3.59. The molecule has 1 N–H and O–H groups in total. The van der Waals surface area contributed by atoms with Gasteiger partial charge in [-0.25, -0.2) is 9.48 Å². The number of carboxylic acids is 1. The Kier molecular flexibility index (Phi) is 2.17. The quantitative estimate of drug-likeness (QED) is 0.800. The maximum Gasteiger partial charge on any atom is 0.358 e. The van der Waals surface area contributed by atoms with Gasteiger partial charge in [0.15, 0.2) is 5.69 Å². The van der Waals surface area contributed by atoms with Crippen molar-refractivity contribution in [3.63, 3.8) is 0 Å². The molecule has 2 aliphatic rings. The van der Waals surface area contributed by atoms with Gasteiger partial charge in [0.1, 0.15) is 0 Å². The Morgan fingerprint density at radius 3 is 2.62 bits per heavy atom. The molecule has 1 saturated carbocycles. The van der Waals surface area contributed by atoms with Crippen molar-refractivity contribution < 1.29 is 9.90 Å². The summed E-state index contributed by atoms with van der Waals surface area (Å²) in [5.41, 5.74) is 0.0297. The fourth-order valence-electron chi connectivity index (χ4n) is 2.26. The minimum atomic E-state index is -1.01. The Bertz CT molecular complexity index is 407. The van der Waals surface area contributed by atoms with Crippen molar-refractivity contribution >= 4 is 5.97 Å². The summed E-state index contributed by atoms with van der Waals surface area (Å²) in [6.45, 7) is 1.96. The van der Waals surface area contributed by atoms with E-state index in [0.29, 0.717) is 6.04 Å². The van der Waals surface area contributed by atoms with Gasteiger partial charge < -0.3 is 5.11 Å². The highest BCUT2D eigenvalue weighted by Crippen LogP contribution is 2.32. The number of likely N-dealkylation sites (tertiary alicyclic amines) is 1. The predicted molar refractivity (Wildman–Crippen MR) is 55.2 cm³/mol. The molecule has 6 nitrogen and oxygen atoms in total. The van der Waals surface area contributed by atoms with Crippen LogP contribution in [0.5, 0.6) is 0 Å². The molecule has 1 aromatic rings. The fourth-order valence-corrected chi connectivity index (χ4v) is 2.26. The van der Waals surface area contributed by atoms with E-state index in [0.717, 1.165) is 19.1 Å². The van der Waals surface area contributed by atoms with Crippen LogP contribution in [0.2, 0.25) is 0 Å². The van der Waals surface area contributed by atoms with Crippen LogP contribution in [0.3, 0.4) is 0 Å². The number of aromatic carboxylic acids is 1. The lowest BCUT2D eigenvalue weighted by Crippen LogP contribution is -2.54. The average molecular weight is 222 g/mol. The van der Waals surface area contributed by atoms with Gasteiger partial charge in [0.2, 0.25) is 0 Å². The molecule has 0 spiro atoms. The number of carbonyl (C=O) groups is 1. The second kappa shape index (κ2) is 3.55. The number of hydrogen-bond donors (Lipinski definition) is 1. The van der Waals surface area contributed by atoms with Gasteiger partial charge in [0.05, 0.1) is 12.2 Å². The van der Waals surface area contributed by atoms with E-state index in [1.54, 1.807) is 4.68 Å². The lowest BCUT2D eigenvalue weighted by Gasteiger charge is -2.47. The molecule has 0 aromatic carbocycles. The molecule has 6 heteroatoms. The molecule has 1 aromatic heterocycles. The molecular formula is C10H14N4O2. The molecule has 1 saturated heterocycles. The summed E-state index contributed by atoms with van der Waals surface area (Å²) in [6.07, 6.45) is 5.48. The maximum atomic E-state index is 10.6. The number of hydrogen-bond acceptors (Lipinski definition) is 4. The zero-order chi connectivity index (χ0) is 11.1. The molecule has 86 valence electrons. The van der Waals surface area contributed by atoms with E-state index >= 15 is 0 Å². The number of rotatable bonds is 3. The van der Waals surface area contributed by atoms with Gasteiger partial charge in [0, 0.05) is 19.1 Å². The van der Waals surface area contributed by atoms with E-state index in [4.69, 9.17) is 5.11 Å². The number of aromatic nitrogens is 3. The van der Waals surface area contributed by atoms with Crippen LogP contribution >= 0.6 is 0 Å². The summed E-state index contributed by atoms with van der Waals surface area (Å²) in [6, 6.07) is 1.07. The van der Waals surface area contributed by atoms with Crippen LogP contribution < -0.4 is 0 Å². The van der Waals surface area contributed by atoms with Gasteiger partial charge in [-0.2, -0.15) is 0 Å². The standard InChI is InChI=1S/C10H14N4O2/c15-10(16)9-6-14(12-11-9)8-4-13(5-8)7-2-1-3-7/h6-8H,1-5H2,(H,15,16). The molecule has 2 heterocycles. The summed E-state index contributed by atoms with van der Waals surface area (Å²) < 4.78 is 1.68. The summed E-state index contributed by atoms with van der Waals surface area (Å²) in [4.78, 5) is 13.1. The summed E-state index contributed by atoms with van der Waals surface area (Å²) in [7, 11) is 0. The molecule has 0 radical (unpaired) electrons. The second-order valence-electron chi connectivity index (χ2n) is 4.58. The fraction of sp³-hybridized carbons (Fsp3) is 0.700. The molecule has 1 aliphatic carbocycles. The van der Waals surface area contributed by atoms with E-state index in [-0.39, 0.29) is 5.69 Å². The Morgan fingerprint density at radius 2 is 2.12 bits per heavy atom. The largest absolute Gasteiger partial charge is 0.476 e. The van der Waals surface area contributed by atoms with E-state index in [1.807, 2.05) is 0 Å². The molecule has 0 amide bonds. The van der Waals surface area contributed by atoms with Crippen LogP contribution in [0.15, 0.2) is 6.20 Å². The van der Waals surface area contributed by atoms with Crippen LogP contribution in [0.1, 0.15) is 35.8 Å². The Labute approximate surface area is 92.9 Å². The van der Waals surface area contributed by atoms with Gasteiger partial charge in [-0.05, 0) is 12.8 Å². The third-order valence-electron chi connectivity index (χ3n) is 3.59.